The molecule has 24 heavy (non-hydrogen) atoms. The van der Waals surface area contributed by atoms with Crippen molar-refractivity contribution in [3.8, 4) is 5.75 Å². The second kappa shape index (κ2) is 6.60. The summed E-state index contributed by atoms with van der Waals surface area (Å²) in [5.74, 6) is -0.408. The highest BCUT2D eigenvalue weighted by Crippen LogP contribution is 2.15. The Labute approximate surface area is 138 Å². The van der Waals surface area contributed by atoms with E-state index in [2.05, 4.69) is 4.98 Å². The summed E-state index contributed by atoms with van der Waals surface area (Å²) in [5.41, 5.74) is 0.0899. The van der Waals surface area contributed by atoms with E-state index in [1.807, 2.05) is 0 Å². The van der Waals surface area contributed by atoms with Crippen LogP contribution < -0.4 is 4.74 Å². The molecule has 1 aromatic carbocycles. The van der Waals surface area contributed by atoms with Gasteiger partial charge in [-0.1, -0.05) is 6.07 Å². The monoisotopic (exact) mass is 354 g/mol. The van der Waals surface area contributed by atoms with Gasteiger partial charge in [0, 0.05) is 19.2 Å². The van der Waals surface area contributed by atoms with Crippen LogP contribution in [0.5, 0.6) is 5.75 Å². The molecule has 0 spiro atoms. The second-order valence-corrected chi connectivity index (χ2v) is 7.62. The van der Waals surface area contributed by atoms with Crippen LogP contribution in [0.25, 0.3) is 0 Å². The Hall–Kier alpha value is -2.42. The molecule has 2 aromatic rings. The van der Waals surface area contributed by atoms with Crippen LogP contribution in [0.1, 0.15) is 16.4 Å². The van der Waals surface area contributed by atoms with Crippen molar-refractivity contribution in [2.24, 2.45) is 0 Å². The molecule has 0 N–H and O–H groups in total. The molecule has 1 fully saturated rings. The molecule has 1 amide bonds. The number of nitrogens with zero attached hydrogens (tertiary/aromatic N) is 2. The first-order valence-corrected chi connectivity index (χ1v) is 9.07. The van der Waals surface area contributed by atoms with E-state index in [0.717, 1.165) is 0 Å². The van der Waals surface area contributed by atoms with E-state index in [-0.39, 0.29) is 48.7 Å². The lowest BCUT2D eigenvalue weighted by Gasteiger charge is -2.25. The Morgan fingerprint density at radius 3 is 2.79 bits per heavy atom. The highest BCUT2D eigenvalue weighted by atomic mass is 32.2. The van der Waals surface area contributed by atoms with Crippen LogP contribution in [0.4, 0.5) is 4.39 Å². The Morgan fingerprint density at radius 2 is 2.08 bits per heavy atom. The minimum absolute atomic E-state index is 0.0495. The summed E-state index contributed by atoms with van der Waals surface area (Å²) < 4.78 is 46.3. The number of carbonyl (C=O) groups is 1. The van der Waals surface area contributed by atoms with E-state index in [4.69, 9.17) is 9.15 Å². The van der Waals surface area contributed by atoms with E-state index in [9.17, 15) is 17.6 Å². The van der Waals surface area contributed by atoms with Crippen LogP contribution in [0, 0.1) is 5.82 Å². The maximum atomic E-state index is 13.1. The predicted octanol–water partition coefficient (Wildman–Crippen LogP) is 1.26. The molecule has 0 aliphatic carbocycles. The smallest absolute Gasteiger partial charge is 0.275 e. The Bertz CT molecular complexity index is 835. The lowest BCUT2D eigenvalue weighted by Crippen LogP contribution is -2.43. The van der Waals surface area contributed by atoms with Crippen molar-refractivity contribution in [2.45, 2.75) is 6.61 Å². The fourth-order valence-electron chi connectivity index (χ4n) is 2.25. The zero-order valence-electron chi connectivity index (χ0n) is 12.6. The van der Waals surface area contributed by atoms with Crippen molar-refractivity contribution in [2.75, 3.05) is 24.6 Å². The van der Waals surface area contributed by atoms with Gasteiger partial charge in [0.25, 0.3) is 5.91 Å². The summed E-state index contributed by atoms with van der Waals surface area (Å²) in [7, 11) is -3.06. The van der Waals surface area contributed by atoms with Crippen molar-refractivity contribution >= 4 is 15.7 Å². The number of halogens is 1. The van der Waals surface area contributed by atoms with Gasteiger partial charge in [0.1, 0.15) is 17.8 Å². The second-order valence-electron chi connectivity index (χ2n) is 5.32. The number of sulfone groups is 1. The maximum absolute atomic E-state index is 13.1. The van der Waals surface area contributed by atoms with Crippen LogP contribution in [0.2, 0.25) is 0 Å². The molecule has 1 aromatic heterocycles. The van der Waals surface area contributed by atoms with Gasteiger partial charge in [0.05, 0.1) is 11.5 Å². The van der Waals surface area contributed by atoms with Gasteiger partial charge < -0.3 is 14.1 Å². The number of hydrogen-bond acceptors (Lipinski definition) is 6. The summed E-state index contributed by atoms with van der Waals surface area (Å²) in [4.78, 5) is 17.7. The maximum Gasteiger partial charge on any atom is 0.275 e. The van der Waals surface area contributed by atoms with E-state index in [0.29, 0.717) is 5.75 Å². The molecule has 0 saturated carbocycles. The van der Waals surface area contributed by atoms with E-state index < -0.39 is 15.7 Å². The van der Waals surface area contributed by atoms with Gasteiger partial charge in [-0.2, -0.15) is 0 Å². The summed E-state index contributed by atoms with van der Waals surface area (Å²) in [6.07, 6.45) is 1.20. The Kier molecular flexibility index (Phi) is 4.52. The fraction of sp³-hybridized carbons (Fsp3) is 0.333. The van der Waals surface area contributed by atoms with Crippen LogP contribution in [0.3, 0.4) is 0 Å². The topological polar surface area (TPSA) is 89.7 Å². The molecule has 1 aliphatic heterocycles. The minimum atomic E-state index is -3.06. The number of ether oxygens (including phenoxy) is 1. The molecule has 0 unspecified atom stereocenters. The lowest BCUT2D eigenvalue weighted by molar-refractivity contribution is 0.0764. The quantitative estimate of drug-likeness (QED) is 0.821. The summed E-state index contributed by atoms with van der Waals surface area (Å²) in [6, 6.07) is 5.63. The number of oxazole rings is 1. The van der Waals surface area contributed by atoms with Crippen molar-refractivity contribution < 1.29 is 26.8 Å². The van der Waals surface area contributed by atoms with Gasteiger partial charge >= 0.3 is 0 Å². The highest BCUT2D eigenvalue weighted by molar-refractivity contribution is 7.91. The number of hydrogen-bond donors (Lipinski definition) is 0. The molecule has 1 aliphatic rings. The highest BCUT2D eigenvalue weighted by Gasteiger charge is 2.27. The van der Waals surface area contributed by atoms with Crippen molar-refractivity contribution in [3.05, 3.63) is 47.9 Å². The first-order chi connectivity index (χ1) is 11.4. The Morgan fingerprint density at radius 1 is 1.33 bits per heavy atom. The van der Waals surface area contributed by atoms with Gasteiger partial charge in [0.15, 0.2) is 22.1 Å². The third kappa shape index (κ3) is 3.91. The first-order valence-electron chi connectivity index (χ1n) is 7.25. The van der Waals surface area contributed by atoms with Crippen LogP contribution in [-0.2, 0) is 16.4 Å². The number of aromatic nitrogens is 1. The summed E-state index contributed by atoms with van der Waals surface area (Å²) in [6.45, 7) is 0.234. The SMILES string of the molecule is O=C(c1coc(COc2cccc(F)c2)n1)N1CCS(=O)(=O)CC1. The largest absolute Gasteiger partial charge is 0.484 e. The molecular weight excluding hydrogens is 339 g/mol. The molecule has 3 rings (SSSR count). The van der Waals surface area contributed by atoms with E-state index in [1.54, 1.807) is 6.07 Å². The van der Waals surface area contributed by atoms with Crippen LogP contribution >= 0.6 is 0 Å². The van der Waals surface area contributed by atoms with E-state index in [1.165, 1.54) is 29.4 Å². The van der Waals surface area contributed by atoms with Crippen molar-refractivity contribution in [1.82, 2.24) is 9.88 Å². The predicted molar refractivity (Wildman–Crippen MR) is 81.8 cm³/mol. The average molecular weight is 354 g/mol. The number of amides is 1. The average Bonchev–Trinajstić information content (AvgIpc) is 3.01. The zero-order valence-corrected chi connectivity index (χ0v) is 13.5. The lowest BCUT2D eigenvalue weighted by atomic mass is 10.3. The minimum Gasteiger partial charge on any atom is -0.484 e. The molecule has 2 heterocycles. The molecule has 9 heteroatoms. The van der Waals surface area contributed by atoms with Crippen LogP contribution in [-0.4, -0.2) is 48.8 Å². The molecule has 7 nitrogen and oxygen atoms in total. The van der Waals surface area contributed by atoms with Gasteiger partial charge in [-0.3, -0.25) is 4.79 Å². The first kappa shape index (κ1) is 16.4. The van der Waals surface area contributed by atoms with Gasteiger partial charge in [-0.25, -0.2) is 17.8 Å². The molecule has 1 saturated heterocycles. The van der Waals surface area contributed by atoms with E-state index >= 15 is 0 Å². The molecule has 128 valence electrons. The third-order valence-corrected chi connectivity index (χ3v) is 5.17. The van der Waals surface area contributed by atoms with Gasteiger partial charge in [-0.15, -0.1) is 0 Å². The van der Waals surface area contributed by atoms with Crippen molar-refractivity contribution in [3.63, 3.8) is 0 Å². The third-order valence-electron chi connectivity index (χ3n) is 3.56. The number of rotatable bonds is 4. The summed E-state index contributed by atoms with van der Waals surface area (Å²) >= 11 is 0. The van der Waals surface area contributed by atoms with Gasteiger partial charge in [-0.05, 0) is 12.1 Å². The van der Waals surface area contributed by atoms with Gasteiger partial charge in [0.2, 0.25) is 5.89 Å². The molecular formula is C15H15FN2O5S. The molecule has 0 bridgehead atoms. The summed E-state index contributed by atoms with van der Waals surface area (Å²) in [5, 5.41) is 0. The normalized spacial score (nSPS) is 16.8. The zero-order chi connectivity index (χ0) is 17.2. The number of carbonyl (C=O) groups excluding carboxylic acids is 1. The number of benzene rings is 1. The Balaban J connectivity index is 1.60. The van der Waals surface area contributed by atoms with Crippen molar-refractivity contribution in [1.29, 1.82) is 0 Å². The standard InChI is InChI=1S/C15H15FN2O5S/c16-11-2-1-3-12(8-11)22-10-14-17-13(9-23-14)15(19)18-4-6-24(20,21)7-5-18/h1-3,8-9H,4-7,10H2. The molecule has 0 atom stereocenters. The fourth-order valence-corrected chi connectivity index (χ4v) is 3.46. The van der Waals surface area contributed by atoms with Crippen LogP contribution in [0.15, 0.2) is 34.9 Å². The molecule has 0 radical (unpaired) electrons.